The van der Waals surface area contributed by atoms with E-state index in [2.05, 4.69) is 10.3 Å². The lowest BCUT2D eigenvalue weighted by Crippen LogP contribution is -2.41. The van der Waals surface area contributed by atoms with Gasteiger partial charge in [0.1, 0.15) is 5.82 Å². The van der Waals surface area contributed by atoms with E-state index in [1.54, 1.807) is 6.20 Å². The quantitative estimate of drug-likeness (QED) is 0.865. The third-order valence-electron chi connectivity index (χ3n) is 3.75. The number of hydrogen-bond donors (Lipinski definition) is 1. The van der Waals surface area contributed by atoms with Gasteiger partial charge in [-0.3, -0.25) is 0 Å². The number of aromatic nitrogens is 1. The summed E-state index contributed by atoms with van der Waals surface area (Å²) in [6, 6.07) is 1.88. The Bertz CT molecular complexity index is 464. The van der Waals surface area contributed by atoms with Crippen molar-refractivity contribution in [3.63, 3.8) is 0 Å². The van der Waals surface area contributed by atoms with E-state index in [4.69, 9.17) is 20.9 Å². The van der Waals surface area contributed by atoms with E-state index in [0.717, 1.165) is 17.8 Å². The molecule has 6 heteroatoms. The van der Waals surface area contributed by atoms with Crippen LogP contribution in [0.5, 0.6) is 0 Å². The first kappa shape index (κ1) is 14.6. The second-order valence-electron chi connectivity index (χ2n) is 5.71. The predicted molar refractivity (Wildman–Crippen MR) is 79.1 cm³/mol. The molecule has 0 unspecified atom stereocenters. The minimum atomic E-state index is -0.460. The summed E-state index contributed by atoms with van der Waals surface area (Å²) in [5.41, 5.74) is 0.0665. The Morgan fingerprint density at radius 1 is 1.26 bits per heavy atom. The second-order valence-corrected chi connectivity index (χ2v) is 6.12. The van der Waals surface area contributed by atoms with Crippen molar-refractivity contribution in [2.45, 2.75) is 45.8 Å². The van der Waals surface area contributed by atoms with Gasteiger partial charge in [-0.25, -0.2) is 4.98 Å². The number of nitrogens with one attached hydrogen (secondary N) is 1. The lowest BCUT2D eigenvalue weighted by atomic mass is 9.79. The van der Waals surface area contributed by atoms with Crippen molar-refractivity contribution in [3.8, 4) is 0 Å². The number of hydrogen-bond acceptors (Lipinski definition) is 4. The van der Waals surface area contributed by atoms with Gasteiger partial charge in [0, 0.05) is 18.2 Å². The minimum Gasteiger partial charge on any atom is -0.399 e. The molecule has 0 amide bonds. The largest absolute Gasteiger partial charge is 0.496 e. The third-order valence-corrected chi connectivity index (χ3v) is 4.07. The molecule has 0 aromatic carbocycles. The second kappa shape index (κ2) is 4.96. The molecule has 104 valence electrons. The molecule has 2 rings (SSSR count). The lowest BCUT2D eigenvalue weighted by Gasteiger charge is -2.32. The summed E-state index contributed by atoms with van der Waals surface area (Å²) in [6.07, 6.45) is 1.62. The van der Waals surface area contributed by atoms with Crippen LogP contribution in [0.25, 0.3) is 0 Å². The number of rotatable bonds is 3. The Morgan fingerprint density at radius 2 is 1.84 bits per heavy atom. The van der Waals surface area contributed by atoms with Gasteiger partial charge in [-0.05, 0) is 40.7 Å². The van der Waals surface area contributed by atoms with Gasteiger partial charge >= 0.3 is 7.12 Å². The first-order chi connectivity index (χ1) is 8.77. The molecule has 1 aromatic heterocycles. The summed E-state index contributed by atoms with van der Waals surface area (Å²) in [7, 11) is -0.460. The fourth-order valence-electron chi connectivity index (χ4n) is 1.88. The van der Waals surface area contributed by atoms with Crippen molar-refractivity contribution in [2.75, 3.05) is 11.9 Å². The average Bonchev–Trinajstić information content (AvgIpc) is 2.51. The standard InChI is InChI=1S/C13H20BClN2O2/c1-6-16-11-7-9(10(15)8-17-11)14-18-12(2,3)13(4,5)19-14/h7-8H,6H2,1-5H3,(H,16,17). The maximum Gasteiger partial charge on any atom is 0.496 e. The number of nitrogens with zero attached hydrogens (tertiary/aromatic N) is 1. The molecule has 4 nitrogen and oxygen atoms in total. The van der Waals surface area contributed by atoms with Crippen molar-refractivity contribution in [1.29, 1.82) is 0 Å². The molecule has 1 fully saturated rings. The molecule has 0 atom stereocenters. The first-order valence-corrected chi connectivity index (χ1v) is 6.89. The zero-order chi connectivity index (χ0) is 14.3. The molecule has 0 spiro atoms. The molecule has 0 saturated carbocycles. The highest BCUT2D eigenvalue weighted by Crippen LogP contribution is 2.37. The van der Waals surface area contributed by atoms with E-state index in [-0.39, 0.29) is 11.2 Å². The van der Waals surface area contributed by atoms with Crippen LogP contribution in [-0.4, -0.2) is 29.8 Å². The van der Waals surface area contributed by atoms with Crippen LogP contribution in [0.2, 0.25) is 5.02 Å². The summed E-state index contributed by atoms with van der Waals surface area (Å²) in [5.74, 6) is 0.775. The Kier molecular flexibility index (Phi) is 3.82. The van der Waals surface area contributed by atoms with Crippen molar-refractivity contribution in [2.24, 2.45) is 0 Å². The zero-order valence-electron chi connectivity index (χ0n) is 12.1. The number of pyridine rings is 1. The van der Waals surface area contributed by atoms with Gasteiger partial charge in [-0.15, -0.1) is 0 Å². The van der Waals surface area contributed by atoms with Gasteiger partial charge in [0.05, 0.1) is 16.2 Å². The van der Waals surface area contributed by atoms with E-state index >= 15 is 0 Å². The van der Waals surface area contributed by atoms with E-state index in [9.17, 15) is 0 Å². The SMILES string of the molecule is CCNc1cc(B2OC(C)(C)C(C)(C)O2)c(Cl)cn1. The van der Waals surface area contributed by atoms with E-state index in [1.165, 1.54) is 0 Å². The van der Waals surface area contributed by atoms with Crippen molar-refractivity contribution < 1.29 is 9.31 Å². The highest BCUT2D eigenvalue weighted by Gasteiger charge is 2.52. The van der Waals surface area contributed by atoms with Crippen LogP contribution in [0.3, 0.4) is 0 Å². The number of anilines is 1. The Balaban J connectivity index is 2.31. The van der Waals surface area contributed by atoms with Crippen LogP contribution in [0.15, 0.2) is 12.3 Å². The van der Waals surface area contributed by atoms with Gasteiger partial charge in [0.2, 0.25) is 0 Å². The molecule has 0 radical (unpaired) electrons. The van der Waals surface area contributed by atoms with E-state index in [0.29, 0.717) is 5.02 Å². The molecule has 1 N–H and O–H groups in total. The van der Waals surface area contributed by atoms with Gasteiger partial charge in [-0.2, -0.15) is 0 Å². The van der Waals surface area contributed by atoms with Crippen LogP contribution in [-0.2, 0) is 9.31 Å². The van der Waals surface area contributed by atoms with Crippen molar-refractivity contribution >= 4 is 30.0 Å². The molecular weight excluding hydrogens is 262 g/mol. The van der Waals surface area contributed by atoms with Crippen molar-refractivity contribution in [1.82, 2.24) is 4.98 Å². The summed E-state index contributed by atoms with van der Waals surface area (Å²) in [6.45, 7) is 10.9. The Morgan fingerprint density at radius 3 is 2.37 bits per heavy atom. The molecule has 1 aromatic rings. The predicted octanol–water partition coefficient (Wildman–Crippen LogP) is 2.47. The molecule has 19 heavy (non-hydrogen) atoms. The molecular formula is C13H20BClN2O2. The van der Waals surface area contributed by atoms with Gasteiger partial charge in [0.15, 0.2) is 0 Å². The molecule has 0 aliphatic carbocycles. The zero-order valence-corrected chi connectivity index (χ0v) is 12.8. The van der Waals surface area contributed by atoms with Gasteiger partial charge in [-0.1, -0.05) is 11.6 Å². The minimum absolute atomic E-state index is 0.372. The molecule has 2 heterocycles. The highest BCUT2D eigenvalue weighted by molar-refractivity contribution is 6.65. The van der Waals surface area contributed by atoms with E-state index < -0.39 is 7.12 Å². The van der Waals surface area contributed by atoms with Crippen molar-refractivity contribution in [3.05, 3.63) is 17.3 Å². The smallest absolute Gasteiger partial charge is 0.399 e. The van der Waals surface area contributed by atoms with Crippen LogP contribution in [0.4, 0.5) is 5.82 Å². The molecule has 1 saturated heterocycles. The van der Waals surface area contributed by atoms with Crippen LogP contribution in [0.1, 0.15) is 34.6 Å². The topological polar surface area (TPSA) is 43.4 Å². The highest BCUT2D eigenvalue weighted by atomic mass is 35.5. The average molecular weight is 283 g/mol. The summed E-state index contributed by atoms with van der Waals surface area (Å²) in [4.78, 5) is 4.22. The van der Waals surface area contributed by atoms with Crippen LogP contribution >= 0.6 is 11.6 Å². The van der Waals surface area contributed by atoms with Crippen LogP contribution in [0, 0.1) is 0 Å². The fraction of sp³-hybridized carbons (Fsp3) is 0.615. The fourth-order valence-corrected chi connectivity index (χ4v) is 2.08. The molecule has 1 aliphatic rings. The molecule has 1 aliphatic heterocycles. The number of halogens is 1. The van der Waals surface area contributed by atoms with Gasteiger partial charge < -0.3 is 14.6 Å². The normalized spacial score (nSPS) is 20.6. The first-order valence-electron chi connectivity index (χ1n) is 6.52. The van der Waals surface area contributed by atoms with Gasteiger partial charge in [0.25, 0.3) is 0 Å². The summed E-state index contributed by atoms with van der Waals surface area (Å²) >= 11 is 6.21. The lowest BCUT2D eigenvalue weighted by molar-refractivity contribution is 0.00578. The summed E-state index contributed by atoms with van der Waals surface area (Å²) in [5, 5.41) is 3.71. The van der Waals surface area contributed by atoms with Crippen LogP contribution < -0.4 is 10.8 Å². The maximum atomic E-state index is 6.21. The Labute approximate surface area is 120 Å². The summed E-state index contributed by atoms with van der Waals surface area (Å²) < 4.78 is 12.0. The maximum absolute atomic E-state index is 6.21. The Hall–Kier alpha value is -0.775. The molecule has 0 bridgehead atoms. The monoisotopic (exact) mass is 282 g/mol. The van der Waals surface area contributed by atoms with E-state index in [1.807, 2.05) is 40.7 Å². The third kappa shape index (κ3) is 2.73.